The van der Waals surface area contributed by atoms with Crippen molar-refractivity contribution in [2.75, 3.05) is 5.73 Å². The lowest BCUT2D eigenvalue weighted by Gasteiger charge is -2.03. The summed E-state index contributed by atoms with van der Waals surface area (Å²) in [5.74, 6) is 0.480. The first kappa shape index (κ1) is 9.45. The maximum atomic E-state index is 11.2. The van der Waals surface area contributed by atoms with Gasteiger partial charge in [0.25, 0.3) is 0 Å². The number of nitrogens with zero attached hydrogens (tertiary/aromatic N) is 4. The first-order valence-corrected chi connectivity index (χ1v) is 4.56. The molecule has 0 fully saturated rings. The minimum atomic E-state index is -0.252. The number of nitrogens with two attached hydrogens (primary N) is 1. The third-order valence-electron chi connectivity index (χ3n) is 2.01. The highest BCUT2D eigenvalue weighted by Gasteiger charge is 1.97. The zero-order valence-electron chi connectivity index (χ0n) is 8.08. The highest BCUT2D eigenvalue weighted by atomic mass is 16.1. The molecule has 0 unspecified atom stereocenters. The number of anilines is 1. The van der Waals surface area contributed by atoms with Crippen molar-refractivity contribution >= 4 is 5.82 Å². The fraction of sp³-hybridized carbons (Fsp3) is 0.222. The van der Waals surface area contributed by atoms with Crippen LogP contribution < -0.4 is 11.4 Å². The van der Waals surface area contributed by atoms with Crippen molar-refractivity contribution in [3.8, 4) is 0 Å². The molecule has 0 aliphatic carbocycles. The predicted octanol–water partition coefficient (Wildman–Crippen LogP) is -0.278. The molecule has 2 N–H and O–H groups in total. The molecule has 0 aliphatic heterocycles. The summed E-state index contributed by atoms with van der Waals surface area (Å²) in [5, 5.41) is 4.01. The van der Waals surface area contributed by atoms with E-state index in [1.165, 1.54) is 10.8 Å². The zero-order chi connectivity index (χ0) is 10.7. The van der Waals surface area contributed by atoms with E-state index in [0.29, 0.717) is 18.9 Å². The van der Waals surface area contributed by atoms with Gasteiger partial charge in [-0.25, -0.2) is 9.78 Å². The topological polar surface area (TPSA) is 78.7 Å². The van der Waals surface area contributed by atoms with Crippen LogP contribution in [0, 0.1) is 0 Å². The Morgan fingerprint density at radius 2 is 2.20 bits per heavy atom. The van der Waals surface area contributed by atoms with Gasteiger partial charge in [-0.2, -0.15) is 5.10 Å². The van der Waals surface area contributed by atoms with E-state index < -0.39 is 0 Å². The van der Waals surface area contributed by atoms with Crippen molar-refractivity contribution in [2.24, 2.45) is 0 Å². The number of nitrogen functional groups attached to an aromatic ring is 1. The van der Waals surface area contributed by atoms with Gasteiger partial charge < -0.3 is 5.73 Å². The van der Waals surface area contributed by atoms with Crippen LogP contribution in [0.3, 0.4) is 0 Å². The molecule has 0 saturated heterocycles. The standard InChI is InChI=1S/C9H11N5O/c10-8-2-5-14(12-8)7-6-13-4-1-3-11-9(13)15/h1-5H,6-7H2,(H2,10,12). The molecule has 0 amide bonds. The molecule has 15 heavy (non-hydrogen) atoms. The molecule has 0 atom stereocenters. The summed E-state index contributed by atoms with van der Waals surface area (Å²) in [7, 11) is 0. The molecule has 0 spiro atoms. The van der Waals surface area contributed by atoms with Crippen molar-refractivity contribution in [3.63, 3.8) is 0 Å². The Hall–Kier alpha value is -2.11. The Morgan fingerprint density at radius 1 is 1.33 bits per heavy atom. The van der Waals surface area contributed by atoms with Crippen LogP contribution in [0.4, 0.5) is 5.82 Å². The fourth-order valence-corrected chi connectivity index (χ4v) is 1.27. The smallest absolute Gasteiger partial charge is 0.347 e. The molecule has 2 aromatic rings. The van der Waals surface area contributed by atoms with E-state index in [2.05, 4.69) is 10.1 Å². The van der Waals surface area contributed by atoms with Gasteiger partial charge in [0.05, 0.1) is 6.54 Å². The van der Waals surface area contributed by atoms with E-state index in [4.69, 9.17) is 5.73 Å². The van der Waals surface area contributed by atoms with Gasteiger partial charge in [-0.3, -0.25) is 9.25 Å². The van der Waals surface area contributed by atoms with Crippen molar-refractivity contribution in [1.29, 1.82) is 0 Å². The van der Waals surface area contributed by atoms with Gasteiger partial charge in [0.2, 0.25) is 0 Å². The molecule has 2 heterocycles. The fourth-order valence-electron chi connectivity index (χ4n) is 1.27. The number of aryl methyl sites for hydroxylation is 2. The van der Waals surface area contributed by atoms with Crippen LogP contribution in [0.1, 0.15) is 0 Å². The lowest BCUT2D eigenvalue weighted by Crippen LogP contribution is -2.23. The number of hydrogen-bond donors (Lipinski definition) is 1. The molecule has 0 radical (unpaired) electrons. The van der Waals surface area contributed by atoms with Crippen molar-refractivity contribution in [3.05, 3.63) is 41.2 Å². The molecule has 2 aromatic heterocycles. The summed E-state index contributed by atoms with van der Waals surface area (Å²) in [6, 6.07) is 3.44. The summed E-state index contributed by atoms with van der Waals surface area (Å²) in [6.45, 7) is 1.14. The van der Waals surface area contributed by atoms with Crippen LogP contribution >= 0.6 is 0 Å². The molecule has 0 aliphatic rings. The Labute approximate surface area is 86.0 Å². The lowest BCUT2D eigenvalue weighted by molar-refractivity contribution is 0.518. The average molecular weight is 205 g/mol. The molecule has 6 nitrogen and oxygen atoms in total. The Balaban J connectivity index is 2.05. The van der Waals surface area contributed by atoms with Crippen molar-refractivity contribution in [1.82, 2.24) is 19.3 Å². The third kappa shape index (κ3) is 2.22. The molecule has 78 valence electrons. The molecule has 0 saturated carbocycles. The van der Waals surface area contributed by atoms with E-state index in [-0.39, 0.29) is 5.69 Å². The van der Waals surface area contributed by atoms with Crippen molar-refractivity contribution < 1.29 is 0 Å². The lowest BCUT2D eigenvalue weighted by atomic mass is 10.5. The highest BCUT2D eigenvalue weighted by molar-refractivity contribution is 5.23. The van der Waals surface area contributed by atoms with Gasteiger partial charge in [0.1, 0.15) is 5.82 Å². The van der Waals surface area contributed by atoms with Crippen molar-refractivity contribution in [2.45, 2.75) is 13.1 Å². The number of rotatable bonds is 3. The largest absolute Gasteiger partial charge is 0.382 e. The van der Waals surface area contributed by atoms with Crippen LogP contribution in [0.5, 0.6) is 0 Å². The van der Waals surface area contributed by atoms with E-state index in [1.54, 1.807) is 29.2 Å². The quantitative estimate of drug-likeness (QED) is 0.747. The van der Waals surface area contributed by atoms with Gasteiger partial charge in [-0.05, 0) is 12.1 Å². The van der Waals surface area contributed by atoms with E-state index in [1.807, 2.05) is 0 Å². The monoisotopic (exact) mass is 205 g/mol. The molecule has 0 aromatic carbocycles. The maximum Gasteiger partial charge on any atom is 0.347 e. The Morgan fingerprint density at radius 3 is 2.87 bits per heavy atom. The first-order valence-electron chi connectivity index (χ1n) is 4.56. The maximum absolute atomic E-state index is 11.2. The van der Waals surface area contributed by atoms with Gasteiger partial charge >= 0.3 is 5.69 Å². The van der Waals surface area contributed by atoms with Crippen LogP contribution in [-0.2, 0) is 13.1 Å². The zero-order valence-corrected chi connectivity index (χ0v) is 8.08. The SMILES string of the molecule is Nc1ccn(CCn2cccnc2=O)n1. The Bertz CT molecular complexity index is 501. The second-order valence-corrected chi connectivity index (χ2v) is 3.10. The normalized spacial score (nSPS) is 10.4. The van der Waals surface area contributed by atoms with Crippen LogP contribution in [0.2, 0.25) is 0 Å². The van der Waals surface area contributed by atoms with E-state index >= 15 is 0 Å². The first-order chi connectivity index (χ1) is 7.25. The number of aromatic nitrogens is 4. The highest BCUT2D eigenvalue weighted by Crippen LogP contribution is 1.95. The predicted molar refractivity (Wildman–Crippen MR) is 55.1 cm³/mol. The molecule has 0 bridgehead atoms. The minimum Gasteiger partial charge on any atom is -0.382 e. The summed E-state index contributed by atoms with van der Waals surface area (Å²) < 4.78 is 3.21. The third-order valence-corrected chi connectivity index (χ3v) is 2.01. The van der Waals surface area contributed by atoms with Gasteiger partial charge in [-0.15, -0.1) is 0 Å². The molecular weight excluding hydrogens is 194 g/mol. The van der Waals surface area contributed by atoms with Crippen LogP contribution in [0.15, 0.2) is 35.5 Å². The van der Waals surface area contributed by atoms with E-state index in [9.17, 15) is 4.79 Å². The van der Waals surface area contributed by atoms with Gasteiger partial charge in [-0.1, -0.05) is 0 Å². The second kappa shape index (κ2) is 3.95. The average Bonchev–Trinajstić information content (AvgIpc) is 2.63. The van der Waals surface area contributed by atoms with Gasteiger partial charge in [0.15, 0.2) is 0 Å². The molecule has 2 rings (SSSR count). The summed E-state index contributed by atoms with van der Waals surface area (Å²) in [5.41, 5.74) is 5.21. The molecule has 6 heteroatoms. The molecular formula is C9H11N5O. The second-order valence-electron chi connectivity index (χ2n) is 3.10. The Kier molecular flexibility index (Phi) is 2.49. The van der Waals surface area contributed by atoms with E-state index in [0.717, 1.165) is 0 Å². The van der Waals surface area contributed by atoms with Crippen LogP contribution in [0.25, 0.3) is 0 Å². The van der Waals surface area contributed by atoms with Gasteiger partial charge in [0, 0.05) is 25.1 Å². The van der Waals surface area contributed by atoms with Crippen LogP contribution in [-0.4, -0.2) is 19.3 Å². The summed E-state index contributed by atoms with van der Waals surface area (Å²) in [6.07, 6.45) is 4.95. The minimum absolute atomic E-state index is 0.252. The summed E-state index contributed by atoms with van der Waals surface area (Å²) >= 11 is 0. The number of hydrogen-bond acceptors (Lipinski definition) is 4. The summed E-state index contributed by atoms with van der Waals surface area (Å²) in [4.78, 5) is 14.9.